The van der Waals surface area contributed by atoms with Crippen LogP contribution in [0.5, 0.6) is 0 Å². The molecule has 0 aromatic heterocycles. The van der Waals surface area contributed by atoms with Gasteiger partial charge in [0.25, 0.3) is 5.91 Å². The van der Waals surface area contributed by atoms with Gasteiger partial charge in [0.2, 0.25) is 10.0 Å². The van der Waals surface area contributed by atoms with Crippen molar-refractivity contribution >= 4 is 21.6 Å². The molecular weight excluding hydrogens is 374 g/mol. The first-order valence-electron chi connectivity index (χ1n) is 9.21. The van der Waals surface area contributed by atoms with Crippen LogP contribution in [0.4, 0.5) is 5.69 Å². The zero-order valence-electron chi connectivity index (χ0n) is 15.9. The lowest BCUT2D eigenvalue weighted by atomic mass is 9.94. The molecule has 0 radical (unpaired) electrons. The van der Waals surface area contributed by atoms with Gasteiger partial charge in [0.05, 0.1) is 16.5 Å². The zero-order valence-corrected chi connectivity index (χ0v) is 16.7. The Labute approximate surface area is 165 Å². The predicted molar refractivity (Wildman–Crippen MR) is 107 cm³/mol. The van der Waals surface area contributed by atoms with Crippen molar-refractivity contribution in [3.63, 3.8) is 0 Å². The van der Waals surface area contributed by atoms with Crippen LogP contribution >= 0.6 is 0 Å². The van der Waals surface area contributed by atoms with E-state index in [0.717, 1.165) is 6.42 Å². The number of amides is 1. The molecule has 0 aliphatic carbocycles. The van der Waals surface area contributed by atoms with Crippen molar-refractivity contribution < 1.29 is 13.2 Å². The molecule has 0 saturated carbocycles. The summed E-state index contributed by atoms with van der Waals surface area (Å²) in [5, 5.41) is 11.7. The molecule has 0 bridgehead atoms. The molecule has 146 valence electrons. The molecule has 2 aromatic carbocycles. The van der Waals surface area contributed by atoms with Gasteiger partial charge in [0, 0.05) is 24.3 Å². The fourth-order valence-electron chi connectivity index (χ4n) is 3.59. The van der Waals surface area contributed by atoms with Gasteiger partial charge in [-0.1, -0.05) is 19.9 Å². The second kappa shape index (κ2) is 8.13. The van der Waals surface area contributed by atoms with Crippen molar-refractivity contribution in [1.29, 1.82) is 5.26 Å². The van der Waals surface area contributed by atoms with Gasteiger partial charge in [-0.25, -0.2) is 8.42 Å². The number of benzene rings is 2. The number of nitriles is 1. The minimum Gasteiger partial charge on any atom is -0.322 e. The average Bonchev–Trinajstić information content (AvgIpc) is 2.67. The van der Waals surface area contributed by atoms with E-state index in [1.807, 2.05) is 6.07 Å². The Bertz CT molecular complexity index is 1000. The van der Waals surface area contributed by atoms with Crippen LogP contribution in [0.2, 0.25) is 0 Å². The van der Waals surface area contributed by atoms with Crippen LogP contribution in [0.1, 0.15) is 36.2 Å². The first-order valence-corrected chi connectivity index (χ1v) is 10.7. The van der Waals surface area contributed by atoms with Crippen molar-refractivity contribution in [3.8, 4) is 6.07 Å². The van der Waals surface area contributed by atoms with Gasteiger partial charge in [-0.05, 0) is 60.7 Å². The molecule has 28 heavy (non-hydrogen) atoms. The molecule has 2 aromatic rings. The van der Waals surface area contributed by atoms with E-state index < -0.39 is 10.0 Å². The number of sulfonamides is 1. The highest BCUT2D eigenvalue weighted by molar-refractivity contribution is 7.89. The number of rotatable bonds is 4. The lowest BCUT2D eigenvalue weighted by Gasteiger charge is -2.34. The highest BCUT2D eigenvalue weighted by Crippen LogP contribution is 2.27. The number of nitrogens with one attached hydrogen (secondary N) is 1. The third-order valence-electron chi connectivity index (χ3n) is 4.84. The van der Waals surface area contributed by atoms with Gasteiger partial charge in [-0.2, -0.15) is 9.57 Å². The second-order valence-electron chi connectivity index (χ2n) is 7.44. The first-order chi connectivity index (χ1) is 13.3. The SMILES string of the molecule is C[C@H]1C[C@H](C)CN(S(=O)(=O)c2ccc(NC(=O)c3cccc(C#N)c3)cc2)C1. The molecule has 1 amide bonds. The quantitative estimate of drug-likeness (QED) is 0.855. The van der Waals surface area contributed by atoms with E-state index in [4.69, 9.17) is 5.26 Å². The summed E-state index contributed by atoms with van der Waals surface area (Å²) in [5.41, 5.74) is 1.26. The maximum absolute atomic E-state index is 12.9. The van der Waals surface area contributed by atoms with Crippen LogP contribution in [-0.2, 0) is 10.0 Å². The second-order valence-corrected chi connectivity index (χ2v) is 9.38. The summed E-state index contributed by atoms with van der Waals surface area (Å²) < 4.78 is 27.4. The van der Waals surface area contributed by atoms with Gasteiger partial charge in [-0.15, -0.1) is 0 Å². The Kier molecular flexibility index (Phi) is 5.82. The maximum atomic E-state index is 12.9. The summed E-state index contributed by atoms with van der Waals surface area (Å²) in [4.78, 5) is 12.6. The van der Waals surface area contributed by atoms with Crippen LogP contribution in [0, 0.1) is 23.2 Å². The van der Waals surface area contributed by atoms with Crippen molar-refractivity contribution in [1.82, 2.24) is 4.31 Å². The third-order valence-corrected chi connectivity index (χ3v) is 6.69. The minimum absolute atomic E-state index is 0.221. The Hall–Kier alpha value is -2.69. The molecule has 1 heterocycles. The Balaban J connectivity index is 1.74. The van der Waals surface area contributed by atoms with E-state index >= 15 is 0 Å². The number of piperidine rings is 1. The molecule has 0 unspecified atom stereocenters. The summed E-state index contributed by atoms with van der Waals surface area (Å²) >= 11 is 0. The van der Waals surface area contributed by atoms with E-state index in [1.54, 1.807) is 34.6 Å². The minimum atomic E-state index is -3.55. The van der Waals surface area contributed by atoms with E-state index in [9.17, 15) is 13.2 Å². The third kappa shape index (κ3) is 4.41. The van der Waals surface area contributed by atoms with E-state index in [-0.39, 0.29) is 10.8 Å². The fourth-order valence-corrected chi connectivity index (χ4v) is 5.27. The van der Waals surface area contributed by atoms with Crippen molar-refractivity contribution in [2.75, 3.05) is 18.4 Å². The number of carbonyl (C=O) groups excluding carboxylic acids is 1. The Morgan fingerprint density at radius 3 is 2.36 bits per heavy atom. The zero-order chi connectivity index (χ0) is 20.3. The molecule has 2 atom stereocenters. The number of anilines is 1. The maximum Gasteiger partial charge on any atom is 0.255 e. The molecule has 0 spiro atoms. The van der Waals surface area contributed by atoms with E-state index in [2.05, 4.69) is 19.2 Å². The molecule has 1 saturated heterocycles. The molecule has 1 aliphatic rings. The largest absolute Gasteiger partial charge is 0.322 e. The van der Waals surface area contributed by atoms with Gasteiger partial charge in [0.1, 0.15) is 0 Å². The lowest BCUT2D eigenvalue weighted by molar-refractivity contribution is 0.102. The topological polar surface area (TPSA) is 90.3 Å². The van der Waals surface area contributed by atoms with Crippen molar-refractivity contribution in [3.05, 3.63) is 59.7 Å². The van der Waals surface area contributed by atoms with Crippen LogP contribution < -0.4 is 5.32 Å². The molecule has 1 fully saturated rings. The number of carbonyl (C=O) groups is 1. The molecular formula is C21H23N3O3S. The number of nitrogens with zero attached hydrogens (tertiary/aromatic N) is 2. The normalized spacial score (nSPS) is 20.3. The lowest BCUT2D eigenvalue weighted by Crippen LogP contribution is -2.42. The predicted octanol–water partition coefficient (Wildman–Crippen LogP) is 3.48. The fraction of sp³-hybridized carbons (Fsp3) is 0.333. The number of hydrogen-bond acceptors (Lipinski definition) is 4. The van der Waals surface area contributed by atoms with Crippen LogP contribution in [0.25, 0.3) is 0 Å². The van der Waals surface area contributed by atoms with Gasteiger partial charge >= 0.3 is 0 Å². The highest BCUT2D eigenvalue weighted by atomic mass is 32.2. The monoisotopic (exact) mass is 397 g/mol. The van der Waals surface area contributed by atoms with Gasteiger partial charge in [0.15, 0.2) is 0 Å². The Morgan fingerprint density at radius 1 is 1.11 bits per heavy atom. The first kappa shape index (κ1) is 20.1. The Morgan fingerprint density at radius 2 is 1.75 bits per heavy atom. The molecule has 1 N–H and O–H groups in total. The standard InChI is InChI=1S/C21H23N3O3S/c1-15-10-16(2)14-24(13-15)28(26,27)20-8-6-19(7-9-20)23-21(25)18-5-3-4-17(11-18)12-22/h3-9,11,15-16H,10,13-14H2,1-2H3,(H,23,25)/t15-,16-/m0/s1. The summed E-state index contributed by atoms with van der Waals surface area (Å²) in [6.45, 7) is 5.19. The summed E-state index contributed by atoms with van der Waals surface area (Å²) in [6, 6.07) is 14.6. The summed E-state index contributed by atoms with van der Waals surface area (Å²) in [6.07, 6.45) is 1.03. The summed E-state index contributed by atoms with van der Waals surface area (Å²) in [7, 11) is -3.55. The van der Waals surface area contributed by atoms with E-state index in [1.165, 1.54) is 18.2 Å². The van der Waals surface area contributed by atoms with Crippen LogP contribution in [0.15, 0.2) is 53.4 Å². The molecule has 6 nitrogen and oxygen atoms in total. The van der Waals surface area contributed by atoms with Gasteiger partial charge < -0.3 is 5.32 Å². The van der Waals surface area contributed by atoms with Crippen LogP contribution in [0.3, 0.4) is 0 Å². The number of hydrogen-bond donors (Lipinski definition) is 1. The summed E-state index contributed by atoms with van der Waals surface area (Å²) in [5.74, 6) is 0.314. The molecule has 1 aliphatic heterocycles. The van der Waals surface area contributed by atoms with Crippen LogP contribution in [-0.4, -0.2) is 31.7 Å². The molecule has 7 heteroatoms. The van der Waals surface area contributed by atoms with Gasteiger partial charge in [-0.3, -0.25) is 4.79 Å². The average molecular weight is 398 g/mol. The van der Waals surface area contributed by atoms with E-state index in [0.29, 0.717) is 41.7 Å². The highest BCUT2D eigenvalue weighted by Gasteiger charge is 2.31. The molecule has 3 rings (SSSR count). The smallest absolute Gasteiger partial charge is 0.255 e. The van der Waals surface area contributed by atoms with Crippen molar-refractivity contribution in [2.24, 2.45) is 11.8 Å². The van der Waals surface area contributed by atoms with Crippen molar-refractivity contribution in [2.45, 2.75) is 25.2 Å².